The molecular formula is C15H26O6SSi. The summed E-state index contributed by atoms with van der Waals surface area (Å²) < 4.78 is 48.3. The Bertz CT molecular complexity index is 526. The van der Waals surface area contributed by atoms with Crippen LogP contribution < -0.4 is 5.19 Å². The summed E-state index contributed by atoms with van der Waals surface area (Å²) in [6, 6.07) is 9.49. The summed E-state index contributed by atoms with van der Waals surface area (Å²) in [6.07, 6.45) is 1.84. The molecule has 0 aromatic heterocycles. The summed E-state index contributed by atoms with van der Waals surface area (Å²) in [6.45, 7) is 5.16. The SMILES string of the molecule is CCCO[Si](OCCC)(OCCCS(=O)(=O)O)c1ccccc1. The van der Waals surface area contributed by atoms with E-state index in [9.17, 15) is 8.42 Å². The maximum Gasteiger partial charge on any atom is 0.537 e. The molecule has 0 aliphatic heterocycles. The van der Waals surface area contributed by atoms with E-state index in [1.165, 1.54) is 0 Å². The number of rotatable bonds is 12. The molecule has 8 heteroatoms. The van der Waals surface area contributed by atoms with Crippen LogP contribution in [0.4, 0.5) is 0 Å². The molecule has 1 N–H and O–H groups in total. The van der Waals surface area contributed by atoms with Crippen molar-refractivity contribution in [2.45, 2.75) is 33.1 Å². The number of benzene rings is 1. The van der Waals surface area contributed by atoms with Crippen molar-refractivity contribution in [1.29, 1.82) is 0 Å². The van der Waals surface area contributed by atoms with Gasteiger partial charge < -0.3 is 13.3 Å². The topological polar surface area (TPSA) is 82.1 Å². The first-order valence-electron chi connectivity index (χ1n) is 7.86. The van der Waals surface area contributed by atoms with Gasteiger partial charge in [0.2, 0.25) is 0 Å². The Kier molecular flexibility index (Phi) is 8.96. The molecule has 0 heterocycles. The third-order valence-electron chi connectivity index (χ3n) is 2.96. The molecule has 0 unspecified atom stereocenters. The second-order valence-corrected chi connectivity index (χ2v) is 9.24. The van der Waals surface area contributed by atoms with Gasteiger partial charge in [-0.3, -0.25) is 4.55 Å². The van der Waals surface area contributed by atoms with Gasteiger partial charge in [0.15, 0.2) is 0 Å². The van der Waals surface area contributed by atoms with Gasteiger partial charge in [0, 0.05) is 25.0 Å². The van der Waals surface area contributed by atoms with Crippen molar-refractivity contribution in [3.8, 4) is 0 Å². The van der Waals surface area contributed by atoms with Gasteiger partial charge in [0.05, 0.1) is 5.75 Å². The molecule has 132 valence electrons. The molecule has 0 fully saturated rings. The van der Waals surface area contributed by atoms with Crippen molar-refractivity contribution < 1.29 is 26.2 Å². The third-order valence-corrected chi connectivity index (χ3v) is 6.56. The van der Waals surface area contributed by atoms with E-state index in [-0.39, 0.29) is 18.8 Å². The molecule has 0 radical (unpaired) electrons. The minimum absolute atomic E-state index is 0.147. The molecule has 0 bridgehead atoms. The van der Waals surface area contributed by atoms with Crippen molar-refractivity contribution in [1.82, 2.24) is 0 Å². The highest BCUT2D eigenvalue weighted by molar-refractivity contribution is 7.85. The molecule has 0 atom stereocenters. The Morgan fingerprint density at radius 1 is 0.957 bits per heavy atom. The van der Waals surface area contributed by atoms with Gasteiger partial charge in [-0.1, -0.05) is 44.2 Å². The number of hydrogen-bond acceptors (Lipinski definition) is 5. The Morgan fingerprint density at radius 2 is 1.48 bits per heavy atom. The summed E-state index contributed by atoms with van der Waals surface area (Å²) >= 11 is 0. The average molecular weight is 363 g/mol. The molecule has 1 aromatic rings. The lowest BCUT2D eigenvalue weighted by Crippen LogP contribution is -2.57. The lowest BCUT2D eigenvalue weighted by molar-refractivity contribution is 0.0732. The zero-order valence-electron chi connectivity index (χ0n) is 13.7. The van der Waals surface area contributed by atoms with Crippen LogP contribution in [0.15, 0.2) is 30.3 Å². The second kappa shape index (κ2) is 10.2. The normalized spacial score (nSPS) is 12.5. The molecule has 0 aliphatic carbocycles. The molecule has 6 nitrogen and oxygen atoms in total. The first-order valence-corrected chi connectivity index (χ1v) is 11.2. The highest BCUT2D eigenvalue weighted by Gasteiger charge is 2.43. The van der Waals surface area contributed by atoms with Gasteiger partial charge in [0.25, 0.3) is 10.1 Å². The van der Waals surface area contributed by atoms with Crippen molar-refractivity contribution in [2.24, 2.45) is 0 Å². The van der Waals surface area contributed by atoms with Crippen LogP contribution in [0.3, 0.4) is 0 Å². The van der Waals surface area contributed by atoms with Crippen LogP contribution in [0.2, 0.25) is 0 Å². The van der Waals surface area contributed by atoms with Crippen LogP contribution in [0, 0.1) is 0 Å². The van der Waals surface area contributed by atoms with Gasteiger partial charge in [-0.25, -0.2) is 0 Å². The van der Waals surface area contributed by atoms with Crippen LogP contribution in [0.25, 0.3) is 0 Å². The lowest BCUT2D eigenvalue weighted by atomic mass is 10.4. The predicted molar refractivity (Wildman–Crippen MR) is 91.3 cm³/mol. The fourth-order valence-electron chi connectivity index (χ4n) is 1.94. The second-order valence-electron chi connectivity index (χ2n) is 5.11. The Hall–Kier alpha value is -0.773. The summed E-state index contributed by atoms with van der Waals surface area (Å²) in [5, 5.41) is 0.855. The molecule has 0 saturated heterocycles. The van der Waals surface area contributed by atoms with Crippen LogP contribution in [-0.4, -0.2) is 47.3 Å². The van der Waals surface area contributed by atoms with E-state index in [0.717, 1.165) is 18.0 Å². The van der Waals surface area contributed by atoms with Crippen molar-refractivity contribution in [3.63, 3.8) is 0 Å². The predicted octanol–water partition coefficient (Wildman–Crippen LogP) is 1.98. The summed E-state index contributed by atoms with van der Waals surface area (Å²) in [7, 11) is -7.07. The molecule has 1 aromatic carbocycles. The number of hydrogen-bond donors (Lipinski definition) is 1. The van der Waals surface area contributed by atoms with Gasteiger partial charge in [-0.05, 0) is 19.3 Å². The van der Waals surface area contributed by atoms with Crippen molar-refractivity contribution >= 4 is 24.1 Å². The largest absolute Gasteiger partial charge is 0.537 e. The van der Waals surface area contributed by atoms with E-state index < -0.39 is 18.9 Å². The lowest BCUT2D eigenvalue weighted by Gasteiger charge is -2.29. The third kappa shape index (κ3) is 7.56. The smallest absolute Gasteiger partial charge is 0.370 e. The summed E-state index contributed by atoms with van der Waals surface area (Å²) in [5.74, 6) is -0.339. The van der Waals surface area contributed by atoms with Gasteiger partial charge in [-0.15, -0.1) is 0 Å². The van der Waals surface area contributed by atoms with E-state index >= 15 is 0 Å². The minimum atomic E-state index is -3.99. The maximum absolute atomic E-state index is 10.8. The van der Waals surface area contributed by atoms with Crippen LogP contribution in [-0.2, 0) is 23.4 Å². The molecule has 1 rings (SSSR count). The van der Waals surface area contributed by atoms with Crippen molar-refractivity contribution in [3.05, 3.63) is 30.3 Å². The van der Waals surface area contributed by atoms with Crippen LogP contribution >= 0.6 is 0 Å². The highest BCUT2D eigenvalue weighted by Crippen LogP contribution is 2.13. The molecule has 0 saturated carbocycles. The monoisotopic (exact) mass is 362 g/mol. The van der Waals surface area contributed by atoms with E-state index in [0.29, 0.717) is 13.2 Å². The standard InChI is InChI=1S/C15H26O6SSi/c1-3-11-19-23(20-12-4-2,15-9-6-5-7-10-15)21-13-8-14-22(16,17)18/h5-7,9-10H,3-4,8,11-14H2,1-2H3,(H,16,17,18). The highest BCUT2D eigenvalue weighted by atomic mass is 32.2. The fraction of sp³-hybridized carbons (Fsp3) is 0.600. The van der Waals surface area contributed by atoms with E-state index in [1.807, 2.05) is 44.2 Å². The Morgan fingerprint density at radius 3 is 1.96 bits per heavy atom. The first-order chi connectivity index (χ1) is 10.9. The molecule has 23 heavy (non-hydrogen) atoms. The van der Waals surface area contributed by atoms with Gasteiger partial charge in [0.1, 0.15) is 0 Å². The average Bonchev–Trinajstić information content (AvgIpc) is 2.53. The van der Waals surface area contributed by atoms with Crippen molar-refractivity contribution in [2.75, 3.05) is 25.6 Å². The van der Waals surface area contributed by atoms with E-state index in [2.05, 4.69) is 0 Å². The zero-order chi connectivity index (χ0) is 17.2. The quantitative estimate of drug-likeness (QED) is 0.348. The Labute approximate surface area is 139 Å². The van der Waals surface area contributed by atoms with Gasteiger partial charge >= 0.3 is 8.80 Å². The summed E-state index contributed by atoms with van der Waals surface area (Å²) in [5.41, 5.74) is 0. The molecular weight excluding hydrogens is 336 g/mol. The summed E-state index contributed by atoms with van der Waals surface area (Å²) in [4.78, 5) is 0. The van der Waals surface area contributed by atoms with Gasteiger partial charge in [-0.2, -0.15) is 8.42 Å². The first kappa shape index (κ1) is 20.3. The fourth-order valence-corrected chi connectivity index (χ4v) is 5.13. The molecule has 0 spiro atoms. The Balaban J connectivity index is 2.87. The zero-order valence-corrected chi connectivity index (χ0v) is 15.5. The maximum atomic E-state index is 10.8. The van der Waals surface area contributed by atoms with Crippen LogP contribution in [0.5, 0.6) is 0 Å². The minimum Gasteiger partial charge on any atom is -0.370 e. The van der Waals surface area contributed by atoms with E-state index in [1.54, 1.807) is 0 Å². The van der Waals surface area contributed by atoms with Crippen LogP contribution in [0.1, 0.15) is 33.1 Å². The molecule has 0 aliphatic rings. The van der Waals surface area contributed by atoms with E-state index in [4.69, 9.17) is 17.8 Å². The molecule has 0 amide bonds.